The molecule has 0 aliphatic carbocycles. The molecule has 2 rings (SSSR count). The van der Waals surface area contributed by atoms with Crippen molar-refractivity contribution in [3.63, 3.8) is 0 Å². The van der Waals surface area contributed by atoms with Gasteiger partial charge in [0.15, 0.2) is 0 Å². The molecule has 0 bridgehead atoms. The molecule has 3 nitrogen and oxygen atoms in total. The number of nitrogens with one attached hydrogen (secondary N) is 1. The third-order valence-electron chi connectivity index (χ3n) is 4.08. The molecule has 1 aliphatic rings. The van der Waals surface area contributed by atoms with Gasteiger partial charge in [0.2, 0.25) is 0 Å². The molecule has 2 unspecified atom stereocenters. The SMILES string of the molecule is CCC(NC)c1ccccc1N1CCCC(C)(O)C1. The van der Waals surface area contributed by atoms with E-state index in [-0.39, 0.29) is 0 Å². The highest BCUT2D eigenvalue weighted by molar-refractivity contribution is 5.55. The molecule has 0 radical (unpaired) electrons. The first kappa shape index (κ1) is 14.4. The number of rotatable bonds is 4. The van der Waals surface area contributed by atoms with Crippen LogP contribution >= 0.6 is 0 Å². The molecule has 19 heavy (non-hydrogen) atoms. The summed E-state index contributed by atoms with van der Waals surface area (Å²) in [6.07, 6.45) is 3.02. The minimum Gasteiger partial charge on any atom is -0.388 e. The van der Waals surface area contributed by atoms with Crippen molar-refractivity contribution in [3.8, 4) is 0 Å². The Morgan fingerprint density at radius 2 is 2.16 bits per heavy atom. The molecule has 2 N–H and O–H groups in total. The second kappa shape index (κ2) is 5.93. The number of anilines is 1. The van der Waals surface area contributed by atoms with Gasteiger partial charge >= 0.3 is 0 Å². The number of nitrogens with zero attached hydrogens (tertiary/aromatic N) is 1. The van der Waals surface area contributed by atoms with Gasteiger partial charge in [0, 0.05) is 24.8 Å². The van der Waals surface area contributed by atoms with Gasteiger partial charge in [0.25, 0.3) is 0 Å². The number of hydrogen-bond acceptors (Lipinski definition) is 3. The van der Waals surface area contributed by atoms with Crippen LogP contribution in [-0.2, 0) is 0 Å². The van der Waals surface area contributed by atoms with Gasteiger partial charge in [-0.1, -0.05) is 25.1 Å². The third-order valence-corrected chi connectivity index (χ3v) is 4.08. The maximum Gasteiger partial charge on any atom is 0.0794 e. The predicted octanol–water partition coefficient (Wildman–Crippen LogP) is 2.71. The smallest absolute Gasteiger partial charge is 0.0794 e. The summed E-state index contributed by atoms with van der Waals surface area (Å²) in [6, 6.07) is 8.94. The fraction of sp³-hybridized carbons (Fsp3) is 0.625. The zero-order chi connectivity index (χ0) is 13.9. The van der Waals surface area contributed by atoms with E-state index in [4.69, 9.17) is 0 Å². The van der Waals surface area contributed by atoms with E-state index >= 15 is 0 Å². The van der Waals surface area contributed by atoms with E-state index in [9.17, 15) is 5.11 Å². The lowest BCUT2D eigenvalue weighted by Gasteiger charge is -2.39. The largest absolute Gasteiger partial charge is 0.388 e. The van der Waals surface area contributed by atoms with Crippen molar-refractivity contribution in [2.24, 2.45) is 0 Å². The van der Waals surface area contributed by atoms with Gasteiger partial charge in [-0.3, -0.25) is 0 Å². The molecular formula is C16H26N2O. The van der Waals surface area contributed by atoms with Crippen molar-refractivity contribution in [2.45, 2.75) is 44.8 Å². The average Bonchev–Trinajstić information content (AvgIpc) is 2.39. The zero-order valence-corrected chi connectivity index (χ0v) is 12.3. The van der Waals surface area contributed by atoms with Crippen LogP contribution in [0.2, 0.25) is 0 Å². The Hall–Kier alpha value is -1.06. The monoisotopic (exact) mass is 262 g/mol. The minimum absolute atomic E-state index is 0.378. The van der Waals surface area contributed by atoms with E-state index in [0.29, 0.717) is 6.04 Å². The Morgan fingerprint density at radius 3 is 2.79 bits per heavy atom. The standard InChI is InChI=1S/C16H26N2O/c1-4-14(17-3)13-8-5-6-9-15(13)18-11-7-10-16(2,19)12-18/h5-6,8-9,14,17,19H,4,7,10-12H2,1-3H3. The summed E-state index contributed by atoms with van der Waals surface area (Å²) >= 11 is 0. The molecule has 0 saturated carbocycles. The van der Waals surface area contributed by atoms with Gasteiger partial charge in [-0.2, -0.15) is 0 Å². The lowest BCUT2D eigenvalue weighted by atomic mass is 9.93. The van der Waals surface area contributed by atoms with Gasteiger partial charge in [-0.05, 0) is 44.9 Å². The van der Waals surface area contributed by atoms with Crippen molar-refractivity contribution in [2.75, 3.05) is 25.0 Å². The van der Waals surface area contributed by atoms with Crippen molar-refractivity contribution in [1.82, 2.24) is 5.32 Å². The molecule has 1 saturated heterocycles. The van der Waals surface area contributed by atoms with Crippen LogP contribution in [-0.4, -0.2) is 30.8 Å². The number of β-amino-alcohol motifs (C(OH)–C–C–N with tert-alkyl or cyclic N) is 1. The number of piperidine rings is 1. The molecule has 0 amide bonds. The fourth-order valence-electron chi connectivity index (χ4n) is 3.08. The van der Waals surface area contributed by atoms with Crippen molar-refractivity contribution in [1.29, 1.82) is 0 Å². The molecule has 1 fully saturated rings. The molecule has 1 aliphatic heterocycles. The van der Waals surface area contributed by atoms with E-state index in [2.05, 4.69) is 41.4 Å². The number of hydrogen-bond donors (Lipinski definition) is 2. The average molecular weight is 262 g/mol. The minimum atomic E-state index is -0.563. The molecule has 1 heterocycles. The molecular weight excluding hydrogens is 236 g/mol. The van der Waals surface area contributed by atoms with E-state index in [1.165, 1.54) is 11.3 Å². The van der Waals surface area contributed by atoms with Gasteiger partial charge in [0.1, 0.15) is 0 Å². The van der Waals surface area contributed by atoms with Crippen molar-refractivity contribution in [3.05, 3.63) is 29.8 Å². The predicted molar refractivity (Wildman–Crippen MR) is 80.6 cm³/mol. The second-order valence-electron chi connectivity index (χ2n) is 5.83. The third kappa shape index (κ3) is 3.28. The molecule has 0 aromatic heterocycles. The van der Waals surface area contributed by atoms with Gasteiger partial charge in [-0.15, -0.1) is 0 Å². The van der Waals surface area contributed by atoms with Crippen LogP contribution in [0.1, 0.15) is 44.7 Å². The van der Waals surface area contributed by atoms with Crippen molar-refractivity contribution < 1.29 is 5.11 Å². The Morgan fingerprint density at radius 1 is 1.42 bits per heavy atom. The Bertz CT molecular complexity index is 413. The van der Waals surface area contributed by atoms with Gasteiger partial charge < -0.3 is 15.3 Å². The first-order chi connectivity index (χ1) is 9.07. The lowest BCUT2D eigenvalue weighted by molar-refractivity contribution is 0.0448. The van der Waals surface area contributed by atoms with Crippen LogP contribution in [0.15, 0.2) is 24.3 Å². The van der Waals surface area contributed by atoms with Gasteiger partial charge in [0.05, 0.1) is 5.60 Å². The van der Waals surface area contributed by atoms with Gasteiger partial charge in [-0.25, -0.2) is 0 Å². The van der Waals surface area contributed by atoms with Crippen LogP contribution in [0, 0.1) is 0 Å². The Balaban J connectivity index is 2.29. The first-order valence-corrected chi connectivity index (χ1v) is 7.31. The quantitative estimate of drug-likeness (QED) is 0.876. The molecule has 1 aromatic rings. The van der Waals surface area contributed by atoms with Crippen LogP contribution in [0.5, 0.6) is 0 Å². The Kier molecular flexibility index (Phi) is 4.48. The topological polar surface area (TPSA) is 35.5 Å². The van der Waals surface area contributed by atoms with Crippen LogP contribution in [0.25, 0.3) is 0 Å². The maximum absolute atomic E-state index is 10.3. The Labute approximate surface area is 116 Å². The summed E-state index contributed by atoms with van der Waals surface area (Å²) in [5.41, 5.74) is 2.04. The van der Waals surface area contributed by atoms with Crippen molar-refractivity contribution >= 4 is 5.69 Å². The summed E-state index contributed by atoms with van der Waals surface area (Å²) in [7, 11) is 2.01. The van der Waals surface area contributed by atoms with E-state index in [0.717, 1.165) is 32.4 Å². The highest BCUT2D eigenvalue weighted by Crippen LogP contribution is 2.32. The first-order valence-electron chi connectivity index (χ1n) is 7.31. The van der Waals surface area contributed by atoms with Crippen LogP contribution in [0.3, 0.4) is 0 Å². The highest BCUT2D eigenvalue weighted by atomic mass is 16.3. The van der Waals surface area contributed by atoms with Crippen LogP contribution in [0.4, 0.5) is 5.69 Å². The summed E-state index contributed by atoms with van der Waals surface area (Å²) in [6.45, 7) is 5.90. The summed E-state index contributed by atoms with van der Waals surface area (Å²) < 4.78 is 0. The normalized spacial score (nSPS) is 25.4. The number of para-hydroxylation sites is 1. The molecule has 1 aromatic carbocycles. The van der Waals surface area contributed by atoms with E-state index < -0.39 is 5.60 Å². The number of aliphatic hydroxyl groups is 1. The van der Waals surface area contributed by atoms with E-state index in [1.807, 2.05) is 14.0 Å². The fourth-order valence-corrected chi connectivity index (χ4v) is 3.08. The molecule has 3 heteroatoms. The summed E-state index contributed by atoms with van der Waals surface area (Å²) in [4.78, 5) is 2.33. The second-order valence-corrected chi connectivity index (χ2v) is 5.83. The summed E-state index contributed by atoms with van der Waals surface area (Å²) in [5, 5.41) is 13.7. The molecule has 0 spiro atoms. The maximum atomic E-state index is 10.3. The lowest BCUT2D eigenvalue weighted by Crippen LogP contribution is -2.46. The molecule has 2 atom stereocenters. The highest BCUT2D eigenvalue weighted by Gasteiger charge is 2.29. The molecule has 106 valence electrons. The summed E-state index contributed by atoms with van der Waals surface area (Å²) in [5.74, 6) is 0. The van der Waals surface area contributed by atoms with Crippen LogP contribution < -0.4 is 10.2 Å². The number of benzene rings is 1. The zero-order valence-electron chi connectivity index (χ0n) is 12.3. The van der Waals surface area contributed by atoms with E-state index in [1.54, 1.807) is 0 Å².